The number of phenols is 2. The largest absolute Gasteiger partial charge is 0.507 e. The van der Waals surface area contributed by atoms with E-state index < -0.39 is 0 Å². The fourth-order valence-corrected chi connectivity index (χ4v) is 1.32. The van der Waals surface area contributed by atoms with Crippen LogP contribution in [-0.2, 0) is 0 Å². The van der Waals surface area contributed by atoms with Crippen LogP contribution in [0.4, 0.5) is 0 Å². The van der Waals surface area contributed by atoms with E-state index in [-0.39, 0.29) is 11.5 Å². The molecule has 2 N–H and O–H groups in total. The van der Waals surface area contributed by atoms with Crippen molar-refractivity contribution < 1.29 is 14.9 Å². The van der Waals surface area contributed by atoms with Gasteiger partial charge in [0.25, 0.3) is 0 Å². The summed E-state index contributed by atoms with van der Waals surface area (Å²) >= 11 is 0. The van der Waals surface area contributed by atoms with Crippen molar-refractivity contribution in [2.75, 3.05) is 0 Å². The molecule has 0 amide bonds. The molecule has 14 heavy (non-hydrogen) atoms. The number of ether oxygens (including phenoxy) is 1. The molecule has 2 aliphatic heterocycles. The average molecular weight is 192 g/mol. The fourth-order valence-electron chi connectivity index (χ4n) is 1.32. The van der Waals surface area contributed by atoms with Crippen LogP contribution in [0.1, 0.15) is 19.4 Å². The molecular formula is C11H12O3. The third-order valence-corrected chi connectivity index (χ3v) is 2.10. The van der Waals surface area contributed by atoms with Crippen LogP contribution in [0.5, 0.6) is 23.0 Å². The van der Waals surface area contributed by atoms with Gasteiger partial charge in [0.2, 0.25) is 5.75 Å². The summed E-state index contributed by atoms with van der Waals surface area (Å²) in [6, 6.07) is 1.42. The minimum atomic E-state index is 0.131. The first-order valence-corrected chi connectivity index (χ1v) is 4.54. The van der Waals surface area contributed by atoms with E-state index in [1.807, 2.05) is 19.9 Å². The number of benzene rings is 1. The molecule has 2 bridgehead atoms. The summed E-state index contributed by atoms with van der Waals surface area (Å²) in [6.45, 7) is 4.07. The van der Waals surface area contributed by atoms with Crippen molar-refractivity contribution in [3.63, 3.8) is 0 Å². The first kappa shape index (κ1) is 8.94. The van der Waals surface area contributed by atoms with Gasteiger partial charge in [0.05, 0.1) is 5.56 Å². The highest BCUT2D eigenvalue weighted by molar-refractivity contribution is 5.77. The van der Waals surface area contributed by atoms with E-state index in [0.29, 0.717) is 23.0 Å². The lowest BCUT2D eigenvalue weighted by Gasteiger charge is -2.22. The maximum atomic E-state index is 9.53. The van der Waals surface area contributed by atoms with E-state index in [1.54, 1.807) is 6.08 Å². The first-order chi connectivity index (χ1) is 6.59. The molecule has 3 rings (SSSR count). The molecule has 2 aliphatic rings. The summed E-state index contributed by atoms with van der Waals surface area (Å²) in [4.78, 5) is 0. The van der Waals surface area contributed by atoms with Gasteiger partial charge in [-0.1, -0.05) is 26.0 Å². The number of allylic oxidation sites excluding steroid dienone is 1. The fraction of sp³-hybridized carbons (Fsp3) is 0.273. The Bertz CT molecular complexity index is 405. The molecule has 0 saturated carbocycles. The standard InChI is InChI=1S/C11H12O3/c1-6(2)3-4-7-8(12)5-9-10(13)11(7)14-9/h3-6,12-13H,1-2H3/b4-3+. The molecule has 3 heteroatoms. The molecule has 0 aliphatic carbocycles. The van der Waals surface area contributed by atoms with E-state index in [0.717, 1.165) is 0 Å². The lowest BCUT2D eigenvalue weighted by molar-refractivity contribution is 0.326. The Hall–Kier alpha value is -1.64. The predicted molar refractivity (Wildman–Crippen MR) is 53.7 cm³/mol. The van der Waals surface area contributed by atoms with Gasteiger partial charge in [-0.2, -0.15) is 0 Å². The topological polar surface area (TPSA) is 49.7 Å². The Labute approximate surface area is 82.3 Å². The Morgan fingerprint density at radius 1 is 1.36 bits per heavy atom. The van der Waals surface area contributed by atoms with E-state index in [4.69, 9.17) is 4.74 Å². The van der Waals surface area contributed by atoms with Gasteiger partial charge in [-0.15, -0.1) is 0 Å². The van der Waals surface area contributed by atoms with Gasteiger partial charge in [0.1, 0.15) is 5.75 Å². The molecule has 3 nitrogen and oxygen atoms in total. The number of rotatable bonds is 2. The summed E-state index contributed by atoms with van der Waals surface area (Å²) in [5.74, 6) is 1.39. The molecule has 1 aromatic rings. The summed E-state index contributed by atoms with van der Waals surface area (Å²) in [6.07, 6.45) is 3.70. The van der Waals surface area contributed by atoms with Crippen LogP contribution in [0.25, 0.3) is 6.08 Å². The van der Waals surface area contributed by atoms with Crippen molar-refractivity contribution >= 4 is 6.08 Å². The van der Waals surface area contributed by atoms with Crippen LogP contribution in [0.3, 0.4) is 0 Å². The van der Waals surface area contributed by atoms with Gasteiger partial charge >= 0.3 is 0 Å². The molecule has 0 spiro atoms. The lowest BCUT2D eigenvalue weighted by Crippen LogP contribution is -1.99. The molecule has 0 unspecified atom stereocenters. The van der Waals surface area contributed by atoms with Crippen LogP contribution in [-0.4, -0.2) is 10.2 Å². The van der Waals surface area contributed by atoms with E-state index >= 15 is 0 Å². The van der Waals surface area contributed by atoms with Gasteiger partial charge < -0.3 is 14.9 Å². The normalized spacial score (nSPS) is 13.1. The predicted octanol–water partition coefficient (Wildman–Crippen LogP) is 2.87. The Kier molecular flexibility index (Phi) is 1.88. The quantitative estimate of drug-likeness (QED) is 0.719. The van der Waals surface area contributed by atoms with Gasteiger partial charge in [-0.3, -0.25) is 0 Å². The van der Waals surface area contributed by atoms with Crippen molar-refractivity contribution in [3.05, 3.63) is 17.7 Å². The van der Waals surface area contributed by atoms with Gasteiger partial charge in [-0.05, 0) is 5.92 Å². The lowest BCUT2D eigenvalue weighted by atomic mass is 10.1. The van der Waals surface area contributed by atoms with Crippen LogP contribution < -0.4 is 4.74 Å². The van der Waals surface area contributed by atoms with Crippen LogP contribution in [0, 0.1) is 5.92 Å². The molecule has 0 saturated heterocycles. The minimum Gasteiger partial charge on any atom is -0.507 e. The summed E-state index contributed by atoms with van der Waals surface area (Å²) in [7, 11) is 0. The number of hydrogen-bond donors (Lipinski definition) is 2. The number of hydrogen-bond acceptors (Lipinski definition) is 3. The zero-order valence-corrected chi connectivity index (χ0v) is 8.11. The highest BCUT2D eigenvalue weighted by Crippen LogP contribution is 2.55. The monoisotopic (exact) mass is 192 g/mol. The van der Waals surface area contributed by atoms with E-state index in [1.165, 1.54) is 6.07 Å². The molecule has 74 valence electrons. The zero-order valence-electron chi connectivity index (χ0n) is 8.11. The number of phenolic OH excluding ortho intramolecular Hbond substituents is 2. The molecule has 0 fully saturated rings. The van der Waals surface area contributed by atoms with Crippen LogP contribution in [0.2, 0.25) is 0 Å². The summed E-state index contributed by atoms with van der Waals surface area (Å²) in [5, 5.41) is 18.9. The molecule has 0 atom stereocenters. The zero-order chi connectivity index (χ0) is 10.3. The van der Waals surface area contributed by atoms with Gasteiger partial charge in [0, 0.05) is 6.07 Å². The van der Waals surface area contributed by atoms with E-state index in [2.05, 4.69) is 0 Å². The first-order valence-electron chi connectivity index (χ1n) is 4.54. The Morgan fingerprint density at radius 3 is 2.64 bits per heavy atom. The molecular weight excluding hydrogens is 180 g/mol. The SMILES string of the molecule is CC(C)/C=C/c1c(O)cc2c(O)c1O2. The molecule has 0 radical (unpaired) electrons. The van der Waals surface area contributed by atoms with E-state index in [9.17, 15) is 10.2 Å². The third kappa shape index (κ3) is 1.21. The second-order valence-electron chi connectivity index (χ2n) is 3.69. The maximum Gasteiger partial charge on any atom is 0.203 e. The Morgan fingerprint density at radius 2 is 2.07 bits per heavy atom. The highest BCUT2D eigenvalue weighted by Gasteiger charge is 2.27. The molecule has 2 heterocycles. The number of aromatic hydroxyl groups is 2. The van der Waals surface area contributed by atoms with Crippen molar-refractivity contribution in [2.24, 2.45) is 5.92 Å². The molecule has 0 aromatic heterocycles. The number of fused-ring (bicyclic) bond motifs is 2. The van der Waals surface area contributed by atoms with Crippen LogP contribution in [0.15, 0.2) is 12.1 Å². The molecule has 1 aromatic carbocycles. The van der Waals surface area contributed by atoms with Gasteiger partial charge in [-0.25, -0.2) is 0 Å². The van der Waals surface area contributed by atoms with Gasteiger partial charge in [0.15, 0.2) is 11.5 Å². The highest BCUT2D eigenvalue weighted by atomic mass is 16.5. The minimum absolute atomic E-state index is 0.131. The smallest absolute Gasteiger partial charge is 0.203 e. The maximum absolute atomic E-state index is 9.53. The van der Waals surface area contributed by atoms with Crippen LogP contribution >= 0.6 is 0 Å². The third-order valence-electron chi connectivity index (χ3n) is 2.10. The summed E-state index contributed by atoms with van der Waals surface area (Å²) in [5.41, 5.74) is 0.547. The Balaban J connectivity index is 2.40. The second-order valence-corrected chi connectivity index (χ2v) is 3.69. The average Bonchev–Trinajstić information content (AvgIpc) is 2.14. The van der Waals surface area contributed by atoms with Crippen molar-refractivity contribution in [1.82, 2.24) is 0 Å². The van der Waals surface area contributed by atoms with Crippen molar-refractivity contribution in [1.29, 1.82) is 0 Å². The van der Waals surface area contributed by atoms with Crippen molar-refractivity contribution in [2.45, 2.75) is 13.8 Å². The second kappa shape index (κ2) is 2.94. The van der Waals surface area contributed by atoms with Crippen molar-refractivity contribution in [3.8, 4) is 23.0 Å². The summed E-state index contributed by atoms with van der Waals surface area (Å²) < 4.78 is 5.12.